The molecular formula is C17H16N2S. The van der Waals surface area contributed by atoms with Crippen LogP contribution in [0.15, 0.2) is 72.4 Å². The van der Waals surface area contributed by atoms with Crippen LogP contribution < -0.4 is 10.2 Å². The van der Waals surface area contributed by atoms with E-state index < -0.39 is 0 Å². The Balaban J connectivity index is 1.93. The second-order valence-corrected chi connectivity index (χ2v) is 5.20. The van der Waals surface area contributed by atoms with Crippen LogP contribution in [0.1, 0.15) is 18.5 Å². The summed E-state index contributed by atoms with van der Waals surface area (Å²) < 4.78 is 0. The van der Waals surface area contributed by atoms with E-state index >= 15 is 0 Å². The number of hydrogen-bond acceptors (Lipinski definition) is 1. The lowest BCUT2D eigenvalue weighted by Gasteiger charge is -2.34. The third-order valence-corrected chi connectivity index (χ3v) is 3.72. The number of hydrogen-bond donors (Lipinski definition) is 1. The Morgan fingerprint density at radius 1 is 0.950 bits per heavy atom. The Morgan fingerprint density at radius 3 is 2.15 bits per heavy atom. The van der Waals surface area contributed by atoms with Crippen LogP contribution in [0.25, 0.3) is 0 Å². The Labute approximate surface area is 124 Å². The molecular weight excluding hydrogens is 264 g/mol. The van der Waals surface area contributed by atoms with E-state index in [0.717, 1.165) is 16.5 Å². The second kappa shape index (κ2) is 5.47. The first-order valence-corrected chi connectivity index (χ1v) is 7.05. The maximum absolute atomic E-state index is 5.54. The molecule has 1 unspecified atom stereocenters. The fraction of sp³-hybridized carbons (Fsp3) is 0.118. The van der Waals surface area contributed by atoms with E-state index in [-0.39, 0.29) is 6.04 Å². The van der Waals surface area contributed by atoms with E-state index in [2.05, 4.69) is 47.5 Å². The lowest BCUT2D eigenvalue weighted by Crippen LogP contribution is -2.44. The number of benzene rings is 2. The van der Waals surface area contributed by atoms with Gasteiger partial charge in [0.05, 0.1) is 6.04 Å². The van der Waals surface area contributed by atoms with Crippen molar-refractivity contribution in [3.05, 3.63) is 78.0 Å². The van der Waals surface area contributed by atoms with Gasteiger partial charge in [0.2, 0.25) is 0 Å². The first-order chi connectivity index (χ1) is 9.75. The van der Waals surface area contributed by atoms with Crippen molar-refractivity contribution in [2.24, 2.45) is 0 Å². The van der Waals surface area contributed by atoms with Crippen LogP contribution in [0.5, 0.6) is 0 Å². The molecule has 0 saturated heterocycles. The molecule has 100 valence electrons. The quantitative estimate of drug-likeness (QED) is 0.836. The third kappa shape index (κ3) is 2.45. The van der Waals surface area contributed by atoms with Gasteiger partial charge >= 0.3 is 0 Å². The van der Waals surface area contributed by atoms with Crippen LogP contribution >= 0.6 is 12.2 Å². The van der Waals surface area contributed by atoms with Gasteiger partial charge in [-0.15, -0.1) is 0 Å². The van der Waals surface area contributed by atoms with Gasteiger partial charge in [0.1, 0.15) is 0 Å². The summed E-state index contributed by atoms with van der Waals surface area (Å²) in [6, 6.07) is 20.7. The minimum atomic E-state index is 0.142. The van der Waals surface area contributed by atoms with Crippen molar-refractivity contribution in [1.29, 1.82) is 0 Å². The zero-order chi connectivity index (χ0) is 13.9. The maximum Gasteiger partial charge on any atom is 0.178 e. The van der Waals surface area contributed by atoms with Gasteiger partial charge in [-0.3, -0.25) is 4.90 Å². The van der Waals surface area contributed by atoms with Crippen LogP contribution in [0.3, 0.4) is 0 Å². The average molecular weight is 280 g/mol. The number of allylic oxidation sites excluding steroid dienone is 1. The summed E-state index contributed by atoms with van der Waals surface area (Å²) >= 11 is 5.54. The van der Waals surface area contributed by atoms with Crippen molar-refractivity contribution < 1.29 is 0 Å². The summed E-state index contributed by atoms with van der Waals surface area (Å²) in [5, 5.41) is 4.13. The molecule has 0 radical (unpaired) electrons. The molecule has 2 nitrogen and oxygen atoms in total. The largest absolute Gasteiger partial charge is 0.352 e. The number of nitrogens with zero attached hydrogens (tertiary/aromatic N) is 1. The third-order valence-electron chi connectivity index (χ3n) is 3.42. The summed E-state index contributed by atoms with van der Waals surface area (Å²) in [4.78, 5) is 2.06. The minimum absolute atomic E-state index is 0.142. The van der Waals surface area contributed by atoms with Gasteiger partial charge in [0.25, 0.3) is 0 Å². The van der Waals surface area contributed by atoms with E-state index in [1.807, 2.05) is 36.4 Å². The molecule has 2 aromatic carbocycles. The van der Waals surface area contributed by atoms with Crippen LogP contribution in [-0.2, 0) is 0 Å². The molecule has 3 rings (SSSR count). The van der Waals surface area contributed by atoms with Crippen molar-refractivity contribution in [3.63, 3.8) is 0 Å². The van der Waals surface area contributed by atoms with Gasteiger partial charge < -0.3 is 5.32 Å². The zero-order valence-electron chi connectivity index (χ0n) is 11.3. The summed E-state index contributed by atoms with van der Waals surface area (Å²) in [7, 11) is 0. The SMILES string of the molecule is CC1=CC(c2ccccc2)NC(=S)N1c1ccccc1. The molecule has 0 fully saturated rings. The summed E-state index contributed by atoms with van der Waals surface area (Å²) in [5.74, 6) is 0. The molecule has 1 atom stereocenters. The molecule has 0 bridgehead atoms. The molecule has 0 aromatic heterocycles. The van der Waals surface area contributed by atoms with E-state index in [9.17, 15) is 0 Å². The molecule has 2 aromatic rings. The topological polar surface area (TPSA) is 15.3 Å². The highest BCUT2D eigenvalue weighted by atomic mass is 32.1. The van der Waals surface area contributed by atoms with Gasteiger partial charge in [-0.2, -0.15) is 0 Å². The number of rotatable bonds is 2. The predicted octanol–water partition coefficient (Wildman–Crippen LogP) is 4.03. The first-order valence-electron chi connectivity index (χ1n) is 6.65. The lowest BCUT2D eigenvalue weighted by atomic mass is 10.0. The molecule has 1 aliphatic rings. The molecule has 0 aliphatic carbocycles. The van der Waals surface area contributed by atoms with Gasteiger partial charge in [-0.1, -0.05) is 48.5 Å². The fourth-order valence-electron chi connectivity index (χ4n) is 2.45. The Hall–Kier alpha value is -2.13. The summed E-state index contributed by atoms with van der Waals surface area (Å²) in [6.45, 7) is 2.09. The Bertz CT molecular complexity index is 635. The van der Waals surface area contributed by atoms with Crippen molar-refractivity contribution in [2.45, 2.75) is 13.0 Å². The molecule has 1 heterocycles. The monoisotopic (exact) mass is 280 g/mol. The highest BCUT2D eigenvalue weighted by molar-refractivity contribution is 7.80. The minimum Gasteiger partial charge on any atom is -0.352 e. The molecule has 0 saturated carbocycles. The molecule has 0 amide bonds. The average Bonchev–Trinajstić information content (AvgIpc) is 2.48. The lowest BCUT2D eigenvalue weighted by molar-refractivity contribution is 0.757. The van der Waals surface area contributed by atoms with Crippen LogP contribution in [0, 0.1) is 0 Å². The number of thiocarbonyl (C=S) groups is 1. The van der Waals surface area contributed by atoms with Gasteiger partial charge in [-0.05, 0) is 42.9 Å². The normalized spacial score (nSPS) is 18.4. The van der Waals surface area contributed by atoms with Gasteiger partial charge in [0.15, 0.2) is 5.11 Å². The fourth-order valence-corrected chi connectivity index (χ4v) is 2.83. The van der Waals surface area contributed by atoms with E-state index in [1.54, 1.807) is 0 Å². The smallest absolute Gasteiger partial charge is 0.178 e. The van der Waals surface area contributed by atoms with Gasteiger partial charge in [-0.25, -0.2) is 0 Å². The highest BCUT2D eigenvalue weighted by Crippen LogP contribution is 2.27. The van der Waals surface area contributed by atoms with Crippen molar-refractivity contribution >= 4 is 23.0 Å². The van der Waals surface area contributed by atoms with Crippen LogP contribution in [0.4, 0.5) is 5.69 Å². The van der Waals surface area contributed by atoms with Crippen molar-refractivity contribution in [3.8, 4) is 0 Å². The van der Waals surface area contributed by atoms with Crippen molar-refractivity contribution in [2.75, 3.05) is 4.90 Å². The predicted molar refractivity (Wildman–Crippen MR) is 87.6 cm³/mol. The molecule has 1 N–H and O–H groups in total. The number of anilines is 1. The molecule has 0 spiro atoms. The zero-order valence-corrected chi connectivity index (χ0v) is 12.1. The Kier molecular flexibility index (Phi) is 3.52. The molecule has 3 heteroatoms. The Morgan fingerprint density at radius 2 is 1.55 bits per heavy atom. The second-order valence-electron chi connectivity index (χ2n) is 4.82. The van der Waals surface area contributed by atoms with Crippen molar-refractivity contribution in [1.82, 2.24) is 5.32 Å². The van der Waals surface area contributed by atoms with Crippen LogP contribution in [0.2, 0.25) is 0 Å². The maximum atomic E-state index is 5.54. The van der Waals surface area contributed by atoms with E-state index in [1.165, 1.54) is 5.56 Å². The summed E-state index contributed by atoms with van der Waals surface area (Å²) in [5.41, 5.74) is 3.46. The standard InChI is InChI=1S/C17H16N2S/c1-13-12-16(14-8-4-2-5-9-14)18-17(20)19(13)15-10-6-3-7-11-15/h2-12,16H,1H3,(H,18,20). The van der Waals surface area contributed by atoms with E-state index in [4.69, 9.17) is 12.2 Å². The summed E-state index contributed by atoms with van der Waals surface area (Å²) in [6.07, 6.45) is 2.21. The molecule has 20 heavy (non-hydrogen) atoms. The van der Waals surface area contributed by atoms with Gasteiger partial charge in [0, 0.05) is 11.4 Å². The number of para-hydroxylation sites is 1. The first kappa shape index (κ1) is 12.9. The van der Waals surface area contributed by atoms with Crippen LogP contribution in [-0.4, -0.2) is 5.11 Å². The highest BCUT2D eigenvalue weighted by Gasteiger charge is 2.23. The molecule has 1 aliphatic heterocycles. The van der Waals surface area contributed by atoms with E-state index in [0.29, 0.717) is 0 Å². The number of nitrogens with one attached hydrogen (secondary N) is 1.